The van der Waals surface area contributed by atoms with Crippen molar-refractivity contribution >= 4 is 34.4 Å². The van der Waals surface area contributed by atoms with Crippen molar-refractivity contribution in [2.24, 2.45) is 0 Å². The highest BCUT2D eigenvalue weighted by Gasteiger charge is 2.09. The van der Waals surface area contributed by atoms with E-state index < -0.39 is 0 Å². The maximum atomic E-state index is 6.12. The quantitative estimate of drug-likeness (QED) is 0.723. The van der Waals surface area contributed by atoms with Crippen LogP contribution >= 0.6 is 23.2 Å². The molecule has 17 heavy (non-hydrogen) atoms. The summed E-state index contributed by atoms with van der Waals surface area (Å²) >= 11 is 12.1. The van der Waals surface area contributed by atoms with Gasteiger partial charge in [-0.05, 0) is 30.3 Å². The van der Waals surface area contributed by atoms with E-state index in [1.54, 1.807) is 24.4 Å². The fourth-order valence-corrected chi connectivity index (χ4v) is 2.03. The Labute approximate surface area is 107 Å². The lowest BCUT2D eigenvalue weighted by molar-refractivity contribution is 1.30. The number of hydrogen-bond acceptors (Lipinski definition) is 2. The first-order valence-electron chi connectivity index (χ1n) is 5.00. The molecule has 0 amide bonds. The number of imidazole rings is 1. The van der Waals surface area contributed by atoms with Crippen molar-refractivity contribution in [3.05, 3.63) is 46.6 Å². The molecule has 5 heteroatoms. The van der Waals surface area contributed by atoms with Gasteiger partial charge < -0.3 is 4.98 Å². The van der Waals surface area contributed by atoms with Crippen LogP contribution < -0.4 is 0 Å². The summed E-state index contributed by atoms with van der Waals surface area (Å²) in [5.74, 6) is 0.672. The summed E-state index contributed by atoms with van der Waals surface area (Å²) in [6.07, 6.45) is 1.70. The average Bonchev–Trinajstić information content (AvgIpc) is 2.75. The predicted octanol–water partition coefficient (Wildman–Crippen LogP) is 3.93. The highest BCUT2D eigenvalue weighted by molar-refractivity contribution is 6.35. The SMILES string of the molecule is Clc1ccc(Cl)c(-c2nc3ncccc3[nH]2)c1. The number of pyridine rings is 1. The van der Waals surface area contributed by atoms with Gasteiger partial charge in [0.15, 0.2) is 5.65 Å². The molecule has 84 valence electrons. The van der Waals surface area contributed by atoms with Crippen LogP contribution in [-0.2, 0) is 0 Å². The minimum Gasteiger partial charge on any atom is -0.337 e. The Balaban J connectivity index is 2.23. The molecule has 0 unspecified atom stereocenters. The van der Waals surface area contributed by atoms with Gasteiger partial charge in [-0.15, -0.1) is 0 Å². The molecule has 0 spiro atoms. The second-order valence-electron chi connectivity index (χ2n) is 3.58. The molecule has 0 aliphatic heterocycles. The van der Waals surface area contributed by atoms with E-state index in [9.17, 15) is 0 Å². The molecule has 0 aliphatic carbocycles. The van der Waals surface area contributed by atoms with Gasteiger partial charge in [0.1, 0.15) is 5.82 Å². The van der Waals surface area contributed by atoms with E-state index >= 15 is 0 Å². The molecule has 3 rings (SSSR count). The van der Waals surface area contributed by atoms with Crippen molar-refractivity contribution in [1.29, 1.82) is 0 Å². The van der Waals surface area contributed by atoms with Gasteiger partial charge in [-0.2, -0.15) is 0 Å². The minimum atomic E-state index is 0.605. The fraction of sp³-hybridized carbons (Fsp3) is 0. The van der Waals surface area contributed by atoms with Gasteiger partial charge >= 0.3 is 0 Å². The Morgan fingerprint density at radius 2 is 2.00 bits per heavy atom. The first kappa shape index (κ1) is 10.6. The smallest absolute Gasteiger partial charge is 0.178 e. The number of halogens is 2. The van der Waals surface area contributed by atoms with E-state index in [0.717, 1.165) is 11.1 Å². The third-order valence-electron chi connectivity index (χ3n) is 2.44. The van der Waals surface area contributed by atoms with Crippen LogP contribution in [0.15, 0.2) is 36.5 Å². The molecule has 0 saturated carbocycles. The van der Waals surface area contributed by atoms with Crippen LogP contribution in [-0.4, -0.2) is 15.0 Å². The number of aromatic nitrogens is 3. The zero-order valence-corrected chi connectivity index (χ0v) is 10.1. The van der Waals surface area contributed by atoms with Crippen molar-refractivity contribution < 1.29 is 0 Å². The molecule has 2 aromatic heterocycles. The van der Waals surface area contributed by atoms with Gasteiger partial charge in [-0.25, -0.2) is 9.97 Å². The van der Waals surface area contributed by atoms with E-state index in [-0.39, 0.29) is 0 Å². The second-order valence-corrected chi connectivity index (χ2v) is 4.43. The Bertz CT molecular complexity index is 658. The van der Waals surface area contributed by atoms with Gasteiger partial charge in [0.25, 0.3) is 0 Å². The zero-order valence-electron chi connectivity index (χ0n) is 8.61. The third kappa shape index (κ3) is 1.88. The molecule has 2 heterocycles. The highest BCUT2D eigenvalue weighted by Crippen LogP contribution is 2.29. The predicted molar refractivity (Wildman–Crippen MR) is 69.3 cm³/mol. The second kappa shape index (κ2) is 4.02. The zero-order chi connectivity index (χ0) is 11.8. The van der Waals surface area contributed by atoms with Gasteiger partial charge in [0, 0.05) is 16.8 Å². The third-order valence-corrected chi connectivity index (χ3v) is 3.01. The molecule has 1 aromatic carbocycles. The minimum absolute atomic E-state index is 0.605. The van der Waals surface area contributed by atoms with Crippen LogP contribution in [0.4, 0.5) is 0 Å². The van der Waals surface area contributed by atoms with Crippen molar-refractivity contribution in [3.63, 3.8) is 0 Å². The summed E-state index contributed by atoms with van der Waals surface area (Å²) in [4.78, 5) is 11.7. The molecule has 3 nitrogen and oxygen atoms in total. The molecule has 0 saturated heterocycles. The normalized spacial score (nSPS) is 10.9. The molecule has 3 aromatic rings. The van der Waals surface area contributed by atoms with E-state index in [4.69, 9.17) is 23.2 Å². The largest absolute Gasteiger partial charge is 0.337 e. The number of nitrogens with one attached hydrogen (secondary N) is 1. The van der Waals surface area contributed by atoms with Gasteiger partial charge in [0.2, 0.25) is 0 Å². The monoisotopic (exact) mass is 263 g/mol. The van der Waals surface area contributed by atoms with Crippen molar-refractivity contribution in [2.45, 2.75) is 0 Å². The number of benzene rings is 1. The maximum Gasteiger partial charge on any atom is 0.178 e. The average molecular weight is 264 g/mol. The van der Waals surface area contributed by atoms with Crippen LogP contribution in [0, 0.1) is 0 Å². The number of aromatic amines is 1. The van der Waals surface area contributed by atoms with Crippen LogP contribution in [0.5, 0.6) is 0 Å². The van der Waals surface area contributed by atoms with Crippen molar-refractivity contribution in [1.82, 2.24) is 15.0 Å². The Hall–Kier alpha value is -1.58. The summed E-state index contributed by atoms with van der Waals surface area (Å²) in [6.45, 7) is 0. The Kier molecular flexibility index (Phi) is 2.50. The Morgan fingerprint density at radius 1 is 1.12 bits per heavy atom. The molecule has 0 aliphatic rings. The number of H-pyrrole nitrogens is 1. The summed E-state index contributed by atoms with van der Waals surface area (Å²) in [5, 5.41) is 1.23. The molecule has 0 fully saturated rings. The molecular weight excluding hydrogens is 257 g/mol. The van der Waals surface area contributed by atoms with Crippen LogP contribution in [0.3, 0.4) is 0 Å². The standard InChI is InChI=1S/C12H7Cl2N3/c13-7-3-4-9(14)8(6-7)11-16-10-2-1-5-15-12(10)17-11/h1-6H,(H,15,16,17). The number of hydrogen-bond donors (Lipinski definition) is 1. The summed E-state index contributed by atoms with van der Waals surface area (Å²) in [6, 6.07) is 9.04. The number of nitrogens with zero attached hydrogens (tertiary/aromatic N) is 2. The summed E-state index contributed by atoms with van der Waals surface area (Å²) in [5.41, 5.74) is 2.31. The van der Waals surface area contributed by atoms with E-state index in [1.807, 2.05) is 12.1 Å². The molecule has 0 bridgehead atoms. The number of rotatable bonds is 1. The Morgan fingerprint density at radius 3 is 2.82 bits per heavy atom. The van der Waals surface area contributed by atoms with Gasteiger partial charge in [-0.1, -0.05) is 23.2 Å². The van der Waals surface area contributed by atoms with Gasteiger partial charge in [0.05, 0.1) is 10.5 Å². The lowest BCUT2D eigenvalue weighted by atomic mass is 10.2. The van der Waals surface area contributed by atoms with E-state index in [0.29, 0.717) is 21.5 Å². The van der Waals surface area contributed by atoms with Crippen LogP contribution in [0.2, 0.25) is 10.0 Å². The first-order valence-corrected chi connectivity index (χ1v) is 5.76. The lowest BCUT2D eigenvalue weighted by Gasteiger charge is -2.00. The molecule has 0 radical (unpaired) electrons. The maximum absolute atomic E-state index is 6.12. The number of fused-ring (bicyclic) bond motifs is 1. The van der Waals surface area contributed by atoms with Gasteiger partial charge in [-0.3, -0.25) is 0 Å². The van der Waals surface area contributed by atoms with Crippen LogP contribution in [0.1, 0.15) is 0 Å². The molecule has 0 atom stereocenters. The molecular formula is C12H7Cl2N3. The highest BCUT2D eigenvalue weighted by atomic mass is 35.5. The summed E-state index contributed by atoms with van der Waals surface area (Å²) < 4.78 is 0. The topological polar surface area (TPSA) is 41.6 Å². The van der Waals surface area contributed by atoms with Crippen molar-refractivity contribution in [3.8, 4) is 11.4 Å². The first-order chi connectivity index (χ1) is 8.24. The van der Waals surface area contributed by atoms with Crippen molar-refractivity contribution in [2.75, 3.05) is 0 Å². The fourth-order valence-electron chi connectivity index (χ4n) is 1.65. The lowest BCUT2D eigenvalue weighted by Crippen LogP contribution is -1.82. The molecule has 1 N–H and O–H groups in total. The van der Waals surface area contributed by atoms with Crippen LogP contribution in [0.25, 0.3) is 22.6 Å². The van der Waals surface area contributed by atoms with E-state index in [1.165, 1.54) is 0 Å². The van der Waals surface area contributed by atoms with E-state index in [2.05, 4.69) is 15.0 Å². The summed E-state index contributed by atoms with van der Waals surface area (Å²) in [7, 11) is 0.